The number of fused-ring (bicyclic) bond motifs is 1. The predicted octanol–water partition coefficient (Wildman–Crippen LogP) is 3.45. The molecule has 22 heavy (non-hydrogen) atoms. The number of carbonyl (C=O) groups is 1. The number of carbonyl (C=O) groups excluding carboxylic acids is 1. The van der Waals surface area contributed by atoms with Crippen molar-refractivity contribution in [1.82, 2.24) is 0 Å². The minimum Gasteiger partial charge on any atom is -0.454 e. The fraction of sp³-hybridized carbons (Fsp3) is 0.133. The molecule has 0 bridgehead atoms. The van der Waals surface area contributed by atoms with Gasteiger partial charge in [0.1, 0.15) is 0 Å². The molecule has 2 aromatic carbocycles. The summed E-state index contributed by atoms with van der Waals surface area (Å²) in [6.45, 7) is 0.131. The third-order valence-corrected chi connectivity index (χ3v) is 3.93. The first-order valence-corrected chi connectivity index (χ1v) is 7.50. The third kappa shape index (κ3) is 2.55. The number of alkyl halides is 1. The molecule has 0 amide bonds. The molecule has 112 valence electrons. The molecular weight excluding hydrogens is 354 g/mol. The summed E-state index contributed by atoms with van der Waals surface area (Å²) in [4.78, 5) is 22.8. The van der Waals surface area contributed by atoms with E-state index in [1.807, 2.05) is 0 Å². The maximum absolute atomic E-state index is 12.6. The fourth-order valence-corrected chi connectivity index (χ4v) is 2.66. The maximum Gasteiger partial charge on any atom is 0.269 e. The van der Waals surface area contributed by atoms with E-state index in [1.54, 1.807) is 12.1 Å². The monoisotopic (exact) mass is 363 g/mol. The Kier molecular flexibility index (Phi) is 3.81. The first-order chi connectivity index (χ1) is 10.6. The second-order valence-corrected chi connectivity index (χ2v) is 5.19. The number of hydrogen-bond donors (Lipinski definition) is 0. The van der Waals surface area contributed by atoms with Gasteiger partial charge in [-0.05, 0) is 29.8 Å². The van der Waals surface area contributed by atoms with Crippen molar-refractivity contribution in [2.75, 3.05) is 6.79 Å². The summed E-state index contributed by atoms with van der Waals surface area (Å²) in [5.74, 6) is 0.910. The van der Waals surface area contributed by atoms with Gasteiger partial charge in [0.2, 0.25) is 6.79 Å². The SMILES string of the molecule is O=C(c1ccc([N+](=O)[O-])cc1)c1cc2c(cc1CBr)OCO2. The molecule has 1 aliphatic rings. The Labute approximate surface area is 133 Å². The average molecular weight is 364 g/mol. The highest BCUT2D eigenvalue weighted by Gasteiger charge is 2.21. The Morgan fingerprint density at radius 3 is 2.41 bits per heavy atom. The maximum atomic E-state index is 12.6. The van der Waals surface area contributed by atoms with Crippen LogP contribution in [0.25, 0.3) is 0 Å². The topological polar surface area (TPSA) is 78.7 Å². The molecule has 0 unspecified atom stereocenters. The van der Waals surface area contributed by atoms with E-state index in [1.165, 1.54) is 24.3 Å². The van der Waals surface area contributed by atoms with E-state index in [4.69, 9.17) is 9.47 Å². The van der Waals surface area contributed by atoms with Crippen LogP contribution >= 0.6 is 15.9 Å². The first-order valence-electron chi connectivity index (χ1n) is 6.38. The Hall–Kier alpha value is -2.41. The van der Waals surface area contributed by atoms with Gasteiger partial charge in [-0.2, -0.15) is 0 Å². The summed E-state index contributed by atoms with van der Waals surface area (Å²) in [5, 5.41) is 11.1. The van der Waals surface area contributed by atoms with Crippen molar-refractivity contribution in [2.24, 2.45) is 0 Å². The van der Waals surface area contributed by atoms with Crippen LogP contribution < -0.4 is 9.47 Å². The Morgan fingerprint density at radius 1 is 1.18 bits per heavy atom. The Bertz CT molecular complexity index is 757. The van der Waals surface area contributed by atoms with Gasteiger partial charge in [-0.25, -0.2) is 0 Å². The molecule has 0 aromatic heterocycles. The zero-order valence-corrected chi connectivity index (χ0v) is 12.8. The lowest BCUT2D eigenvalue weighted by Gasteiger charge is -2.08. The van der Waals surface area contributed by atoms with Gasteiger partial charge in [-0.15, -0.1) is 0 Å². The van der Waals surface area contributed by atoms with E-state index in [-0.39, 0.29) is 18.3 Å². The first kappa shape index (κ1) is 14.5. The van der Waals surface area contributed by atoms with Crippen LogP contribution in [0.1, 0.15) is 21.5 Å². The molecule has 0 aliphatic carbocycles. The smallest absolute Gasteiger partial charge is 0.269 e. The van der Waals surface area contributed by atoms with Gasteiger partial charge in [-0.3, -0.25) is 14.9 Å². The lowest BCUT2D eigenvalue weighted by Crippen LogP contribution is -2.05. The number of ketones is 1. The summed E-state index contributed by atoms with van der Waals surface area (Å²) in [6.07, 6.45) is 0. The second-order valence-electron chi connectivity index (χ2n) is 4.63. The number of ether oxygens (including phenoxy) is 2. The van der Waals surface area contributed by atoms with Gasteiger partial charge >= 0.3 is 0 Å². The summed E-state index contributed by atoms with van der Waals surface area (Å²) in [5.41, 5.74) is 1.58. The molecule has 0 saturated heterocycles. The number of rotatable bonds is 4. The standard InChI is InChI=1S/C15H10BrNO5/c16-7-10-5-13-14(22-8-21-13)6-12(10)15(18)9-1-3-11(4-2-9)17(19)20/h1-6H,7-8H2. The van der Waals surface area contributed by atoms with E-state index < -0.39 is 4.92 Å². The zero-order valence-electron chi connectivity index (χ0n) is 11.2. The van der Waals surface area contributed by atoms with Gasteiger partial charge in [0.25, 0.3) is 5.69 Å². The summed E-state index contributed by atoms with van der Waals surface area (Å²) < 4.78 is 10.6. The quantitative estimate of drug-likeness (QED) is 0.359. The van der Waals surface area contributed by atoms with E-state index in [0.29, 0.717) is 28.0 Å². The van der Waals surface area contributed by atoms with Crippen LogP contribution in [-0.2, 0) is 5.33 Å². The highest BCUT2D eigenvalue weighted by atomic mass is 79.9. The van der Waals surface area contributed by atoms with Crippen molar-refractivity contribution < 1.29 is 19.2 Å². The number of nitro groups is 1. The fourth-order valence-electron chi connectivity index (χ4n) is 2.20. The van der Waals surface area contributed by atoms with E-state index in [9.17, 15) is 14.9 Å². The highest BCUT2D eigenvalue weighted by Crippen LogP contribution is 2.36. The second kappa shape index (κ2) is 5.76. The Balaban J connectivity index is 1.99. The zero-order chi connectivity index (χ0) is 15.7. The molecule has 1 heterocycles. The van der Waals surface area contributed by atoms with Crippen LogP contribution in [-0.4, -0.2) is 17.5 Å². The number of nitro benzene ring substituents is 1. The molecule has 0 saturated carbocycles. The van der Waals surface area contributed by atoms with Gasteiger partial charge < -0.3 is 9.47 Å². The lowest BCUT2D eigenvalue weighted by atomic mass is 9.98. The molecule has 0 fully saturated rings. The summed E-state index contributed by atoms with van der Waals surface area (Å²) in [7, 11) is 0. The van der Waals surface area contributed by atoms with Crippen molar-refractivity contribution in [3.05, 3.63) is 63.2 Å². The van der Waals surface area contributed by atoms with E-state index in [2.05, 4.69) is 15.9 Å². The molecule has 7 heteroatoms. The van der Waals surface area contributed by atoms with Crippen molar-refractivity contribution in [3.63, 3.8) is 0 Å². The predicted molar refractivity (Wildman–Crippen MR) is 81.7 cm³/mol. The van der Waals surface area contributed by atoms with Crippen molar-refractivity contribution in [1.29, 1.82) is 0 Å². The average Bonchev–Trinajstić information content (AvgIpc) is 3.00. The van der Waals surface area contributed by atoms with Gasteiger partial charge in [-0.1, -0.05) is 15.9 Å². The van der Waals surface area contributed by atoms with E-state index >= 15 is 0 Å². The van der Waals surface area contributed by atoms with Crippen molar-refractivity contribution in [2.45, 2.75) is 5.33 Å². The van der Waals surface area contributed by atoms with Gasteiger partial charge in [0.15, 0.2) is 17.3 Å². The number of halogens is 1. The van der Waals surface area contributed by atoms with Crippen LogP contribution in [0.15, 0.2) is 36.4 Å². The Morgan fingerprint density at radius 2 is 1.82 bits per heavy atom. The normalized spacial score (nSPS) is 12.2. The van der Waals surface area contributed by atoms with Crippen molar-refractivity contribution >= 4 is 27.4 Å². The molecular formula is C15H10BrNO5. The number of benzene rings is 2. The van der Waals surface area contributed by atoms with Gasteiger partial charge in [0, 0.05) is 28.6 Å². The lowest BCUT2D eigenvalue weighted by molar-refractivity contribution is -0.384. The molecule has 1 aliphatic heterocycles. The van der Waals surface area contributed by atoms with Crippen molar-refractivity contribution in [3.8, 4) is 11.5 Å². The third-order valence-electron chi connectivity index (χ3n) is 3.33. The van der Waals surface area contributed by atoms with Crippen LogP contribution in [0.5, 0.6) is 11.5 Å². The number of nitrogens with zero attached hydrogens (tertiary/aromatic N) is 1. The molecule has 0 radical (unpaired) electrons. The van der Waals surface area contributed by atoms with Gasteiger partial charge in [0.05, 0.1) is 4.92 Å². The molecule has 3 rings (SSSR count). The molecule has 6 nitrogen and oxygen atoms in total. The molecule has 2 aromatic rings. The highest BCUT2D eigenvalue weighted by molar-refractivity contribution is 9.08. The minimum atomic E-state index is -0.501. The van der Waals surface area contributed by atoms with Crippen LogP contribution in [0.4, 0.5) is 5.69 Å². The number of non-ortho nitro benzene ring substituents is 1. The minimum absolute atomic E-state index is 0.0528. The van der Waals surface area contributed by atoms with Crippen LogP contribution in [0, 0.1) is 10.1 Å². The summed E-state index contributed by atoms with van der Waals surface area (Å²) in [6, 6.07) is 8.92. The van der Waals surface area contributed by atoms with Crippen LogP contribution in [0.3, 0.4) is 0 Å². The molecule has 0 N–H and O–H groups in total. The molecule has 0 spiro atoms. The summed E-state index contributed by atoms with van der Waals surface area (Å²) >= 11 is 3.35. The molecule has 0 atom stereocenters. The number of hydrogen-bond acceptors (Lipinski definition) is 5. The largest absolute Gasteiger partial charge is 0.454 e. The van der Waals surface area contributed by atoms with Crippen LogP contribution in [0.2, 0.25) is 0 Å². The van der Waals surface area contributed by atoms with E-state index in [0.717, 1.165) is 5.56 Å².